The van der Waals surface area contributed by atoms with Gasteiger partial charge in [-0.15, -0.1) is 0 Å². The number of hydrogen-bond acceptors (Lipinski definition) is 1. The van der Waals surface area contributed by atoms with E-state index in [1.54, 1.807) is 0 Å². The van der Waals surface area contributed by atoms with Gasteiger partial charge < -0.3 is 33.6 Å². The summed E-state index contributed by atoms with van der Waals surface area (Å²) in [5, 5.41) is 10.5. The Balaban J connectivity index is 0.00000338. The van der Waals surface area contributed by atoms with E-state index >= 15 is 0 Å². The predicted octanol–water partition coefficient (Wildman–Crippen LogP) is 2.49. The van der Waals surface area contributed by atoms with Gasteiger partial charge in [-0.05, 0) is 46.2 Å². The molecule has 0 heterocycles. The van der Waals surface area contributed by atoms with Gasteiger partial charge in [0.25, 0.3) is 0 Å². The minimum atomic E-state index is 0. The zero-order chi connectivity index (χ0) is 18.6. The second kappa shape index (κ2) is 9.75. The minimum Gasteiger partial charge on any atom is -1.00 e. The van der Waals surface area contributed by atoms with Crippen LogP contribution in [0.3, 0.4) is 0 Å². The van der Waals surface area contributed by atoms with Crippen LogP contribution in [0.5, 0.6) is 5.75 Å². The summed E-state index contributed by atoms with van der Waals surface area (Å²) in [6.45, 7) is 12.4. The number of hydrogen-bond donors (Lipinski definition) is 1. The lowest BCUT2D eigenvalue weighted by Gasteiger charge is -2.43. The molecule has 1 N–H and O–H groups in total. The molecule has 0 unspecified atom stereocenters. The molecule has 0 aliphatic carbocycles. The molecule has 26 heavy (non-hydrogen) atoms. The lowest BCUT2D eigenvalue weighted by Crippen LogP contribution is -3.00. The Bertz CT molecular complexity index is 674. The van der Waals surface area contributed by atoms with Gasteiger partial charge in [0.05, 0.1) is 25.7 Å². The predicted molar refractivity (Wildman–Crippen MR) is 107 cm³/mol. The maximum absolute atomic E-state index is 10.5. The van der Waals surface area contributed by atoms with Crippen molar-refractivity contribution in [3.05, 3.63) is 65.2 Å². The van der Waals surface area contributed by atoms with E-state index in [9.17, 15) is 5.11 Å². The average molecular weight is 467 g/mol. The highest BCUT2D eigenvalue weighted by atomic mass is 127. The van der Waals surface area contributed by atoms with Crippen molar-refractivity contribution in [1.29, 1.82) is 0 Å². The molecular weight excluding hydrogens is 433 g/mol. The van der Waals surface area contributed by atoms with Crippen LogP contribution in [0.4, 0.5) is 0 Å². The van der Waals surface area contributed by atoms with Crippen LogP contribution in [0, 0.1) is 6.92 Å². The van der Waals surface area contributed by atoms with Crippen molar-refractivity contribution in [2.45, 2.75) is 59.0 Å². The first-order chi connectivity index (χ1) is 11.8. The van der Waals surface area contributed by atoms with Gasteiger partial charge in [0.1, 0.15) is 5.75 Å². The highest BCUT2D eigenvalue weighted by Crippen LogP contribution is 2.35. The van der Waals surface area contributed by atoms with Gasteiger partial charge in [-0.3, -0.25) is 0 Å². The number of benzene rings is 2. The van der Waals surface area contributed by atoms with Crippen molar-refractivity contribution >= 4 is 0 Å². The second-order valence-corrected chi connectivity index (χ2v) is 8.07. The Labute approximate surface area is 176 Å². The van der Waals surface area contributed by atoms with E-state index in [0.29, 0.717) is 17.8 Å². The largest absolute Gasteiger partial charge is 1.00 e. The Morgan fingerprint density at radius 1 is 0.923 bits per heavy atom. The van der Waals surface area contributed by atoms with Crippen molar-refractivity contribution in [3.8, 4) is 5.75 Å². The first-order valence-corrected chi connectivity index (χ1v) is 9.45. The summed E-state index contributed by atoms with van der Waals surface area (Å²) in [6, 6.07) is 17.7. The van der Waals surface area contributed by atoms with Crippen LogP contribution in [-0.2, 0) is 0 Å². The van der Waals surface area contributed by atoms with E-state index in [-0.39, 0.29) is 29.9 Å². The van der Waals surface area contributed by atoms with Crippen LogP contribution >= 0.6 is 0 Å². The lowest BCUT2D eigenvalue weighted by atomic mass is 9.86. The quantitative estimate of drug-likeness (QED) is 0.490. The fourth-order valence-corrected chi connectivity index (χ4v) is 3.66. The monoisotopic (exact) mass is 467 g/mol. The summed E-state index contributed by atoms with van der Waals surface area (Å²) < 4.78 is 1.04. The standard InChI is InChI=1S/C23H33NO.HI/c1-17(2)24(6,18(3)4)15-14-21(20-10-8-7-9-11-20)22-16-19(5)12-13-23(22)25;/h7-13,16-18,21H,14-15H2,1-6H3;1H/t21-;/m1./s1. The third-order valence-electron chi connectivity index (χ3n) is 6.02. The number of aromatic hydroxyl groups is 1. The van der Waals surface area contributed by atoms with Crippen molar-refractivity contribution in [1.82, 2.24) is 0 Å². The summed E-state index contributed by atoms with van der Waals surface area (Å²) in [6.07, 6.45) is 1.02. The molecule has 0 bridgehead atoms. The van der Waals surface area contributed by atoms with Crippen molar-refractivity contribution in [2.24, 2.45) is 0 Å². The van der Waals surface area contributed by atoms with E-state index in [1.165, 1.54) is 11.1 Å². The molecule has 144 valence electrons. The lowest BCUT2D eigenvalue weighted by molar-refractivity contribution is -0.949. The van der Waals surface area contributed by atoms with Crippen LogP contribution in [0.15, 0.2) is 48.5 Å². The Morgan fingerprint density at radius 3 is 2.04 bits per heavy atom. The van der Waals surface area contributed by atoms with Gasteiger partial charge in [-0.2, -0.15) is 0 Å². The van der Waals surface area contributed by atoms with Crippen LogP contribution in [-0.4, -0.2) is 35.3 Å². The highest BCUT2D eigenvalue weighted by molar-refractivity contribution is 5.43. The van der Waals surface area contributed by atoms with E-state index < -0.39 is 0 Å². The number of aryl methyl sites for hydroxylation is 1. The van der Waals surface area contributed by atoms with Crippen molar-refractivity contribution in [2.75, 3.05) is 13.6 Å². The zero-order valence-electron chi connectivity index (χ0n) is 17.0. The minimum absolute atomic E-state index is 0. The third kappa shape index (κ3) is 5.23. The zero-order valence-corrected chi connectivity index (χ0v) is 19.2. The molecule has 0 aliphatic heterocycles. The topological polar surface area (TPSA) is 20.2 Å². The molecule has 0 saturated carbocycles. The molecule has 0 radical (unpaired) electrons. The molecule has 0 spiro atoms. The van der Waals surface area contributed by atoms with Gasteiger partial charge >= 0.3 is 0 Å². The number of phenols is 1. The first kappa shape index (κ1) is 23.0. The SMILES string of the molecule is Cc1ccc(O)c([C@H](CC[N+](C)(C(C)C)C(C)C)c2ccccc2)c1.[I-]. The summed E-state index contributed by atoms with van der Waals surface area (Å²) in [7, 11) is 2.35. The van der Waals surface area contributed by atoms with Crippen molar-refractivity contribution in [3.63, 3.8) is 0 Å². The van der Waals surface area contributed by atoms with Crippen LogP contribution < -0.4 is 24.0 Å². The molecule has 2 aromatic rings. The smallest absolute Gasteiger partial charge is 0.119 e. The maximum Gasteiger partial charge on any atom is 0.119 e. The Morgan fingerprint density at radius 2 is 1.50 bits per heavy atom. The highest BCUT2D eigenvalue weighted by Gasteiger charge is 2.31. The van der Waals surface area contributed by atoms with E-state index in [2.05, 4.69) is 78.1 Å². The van der Waals surface area contributed by atoms with Crippen molar-refractivity contribution < 1.29 is 33.6 Å². The number of rotatable bonds is 7. The molecule has 0 saturated heterocycles. The second-order valence-electron chi connectivity index (χ2n) is 8.07. The van der Waals surface area contributed by atoms with E-state index in [4.69, 9.17) is 0 Å². The van der Waals surface area contributed by atoms with Gasteiger partial charge in [-0.25, -0.2) is 0 Å². The fraction of sp³-hybridized carbons (Fsp3) is 0.478. The number of nitrogens with zero attached hydrogens (tertiary/aromatic N) is 1. The molecule has 0 aliphatic rings. The number of halogens is 1. The average Bonchev–Trinajstić information content (AvgIpc) is 2.58. The fourth-order valence-electron chi connectivity index (χ4n) is 3.66. The van der Waals surface area contributed by atoms with E-state index in [0.717, 1.165) is 23.0 Å². The molecule has 1 atom stereocenters. The molecule has 2 rings (SSSR count). The summed E-state index contributed by atoms with van der Waals surface area (Å²) in [5.41, 5.74) is 3.52. The van der Waals surface area contributed by atoms with Gasteiger partial charge in [-0.1, -0.05) is 48.0 Å². The molecule has 0 fully saturated rings. The molecule has 2 nitrogen and oxygen atoms in total. The van der Waals surface area contributed by atoms with Gasteiger partial charge in [0.15, 0.2) is 0 Å². The Kier molecular flexibility index (Phi) is 8.61. The Hall–Kier alpha value is -1.07. The number of phenolic OH excluding ortho intramolecular Hbond substituents is 1. The maximum atomic E-state index is 10.5. The first-order valence-electron chi connectivity index (χ1n) is 9.45. The van der Waals surface area contributed by atoms with Crippen LogP contribution in [0.25, 0.3) is 0 Å². The molecule has 0 amide bonds. The van der Waals surface area contributed by atoms with E-state index in [1.807, 2.05) is 12.1 Å². The summed E-state index contributed by atoms with van der Waals surface area (Å²) in [5.74, 6) is 0.624. The van der Waals surface area contributed by atoms with Crippen LogP contribution in [0.1, 0.15) is 56.7 Å². The van der Waals surface area contributed by atoms with Gasteiger partial charge in [0.2, 0.25) is 0 Å². The number of quaternary nitrogens is 1. The molecular formula is C23H34INO. The molecule has 2 aromatic carbocycles. The normalized spacial score (nSPS) is 12.9. The van der Waals surface area contributed by atoms with Gasteiger partial charge in [0, 0.05) is 17.9 Å². The molecule has 0 aromatic heterocycles. The molecule has 3 heteroatoms. The summed E-state index contributed by atoms with van der Waals surface area (Å²) in [4.78, 5) is 0. The summed E-state index contributed by atoms with van der Waals surface area (Å²) >= 11 is 0. The van der Waals surface area contributed by atoms with Crippen LogP contribution in [0.2, 0.25) is 0 Å². The third-order valence-corrected chi connectivity index (χ3v) is 6.02.